The van der Waals surface area contributed by atoms with Crippen LogP contribution in [0.1, 0.15) is 17.3 Å². The van der Waals surface area contributed by atoms with Gasteiger partial charge >= 0.3 is 5.97 Å². The molecule has 0 aromatic heterocycles. The number of hydrogen-bond donors (Lipinski definition) is 1. The van der Waals surface area contributed by atoms with Crippen LogP contribution < -0.4 is 4.72 Å². The molecule has 0 aliphatic carbocycles. The SMILES string of the molecule is COC[C@@H](C)NS(=O)(=O)c1ccc(C(=O)OCC(=O)N(C)C)cc1. The number of amides is 1. The zero-order valence-corrected chi connectivity index (χ0v) is 14.9. The second-order valence-corrected chi connectivity index (χ2v) is 7.08. The van der Waals surface area contributed by atoms with Gasteiger partial charge < -0.3 is 14.4 Å². The van der Waals surface area contributed by atoms with Gasteiger partial charge in [0.15, 0.2) is 6.61 Å². The fourth-order valence-electron chi connectivity index (χ4n) is 1.73. The van der Waals surface area contributed by atoms with Gasteiger partial charge in [0.2, 0.25) is 10.0 Å². The molecule has 0 saturated heterocycles. The number of carbonyl (C=O) groups is 2. The predicted octanol–water partition coefficient (Wildman–Crippen LogP) is 0.245. The minimum atomic E-state index is -3.70. The van der Waals surface area contributed by atoms with Crippen molar-refractivity contribution in [2.45, 2.75) is 17.9 Å². The summed E-state index contributed by atoms with van der Waals surface area (Å²) in [7, 11) is 0.872. The lowest BCUT2D eigenvalue weighted by molar-refractivity contribution is -0.131. The standard InChI is InChI=1S/C15H22N2O6S/c1-11(9-22-4)16-24(20,21)13-7-5-12(6-8-13)15(19)23-10-14(18)17(2)3/h5-8,11,16H,9-10H2,1-4H3/t11-/m1/s1. The molecule has 0 saturated carbocycles. The summed E-state index contributed by atoms with van der Waals surface area (Å²) in [5.74, 6) is -1.05. The fraction of sp³-hybridized carbons (Fsp3) is 0.467. The van der Waals surface area contributed by atoms with Crippen LogP contribution >= 0.6 is 0 Å². The van der Waals surface area contributed by atoms with Crippen molar-refractivity contribution >= 4 is 21.9 Å². The quantitative estimate of drug-likeness (QED) is 0.668. The lowest BCUT2D eigenvalue weighted by Gasteiger charge is -2.13. The van der Waals surface area contributed by atoms with Crippen molar-refractivity contribution in [2.75, 3.05) is 34.4 Å². The van der Waals surface area contributed by atoms with Gasteiger partial charge in [-0.25, -0.2) is 17.9 Å². The number of nitrogens with zero attached hydrogens (tertiary/aromatic N) is 1. The van der Waals surface area contributed by atoms with Crippen molar-refractivity contribution in [3.8, 4) is 0 Å². The zero-order chi connectivity index (χ0) is 18.3. The molecule has 134 valence electrons. The lowest BCUT2D eigenvalue weighted by atomic mass is 10.2. The lowest BCUT2D eigenvalue weighted by Crippen LogP contribution is -2.35. The molecule has 0 unspecified atom stereocenters. The summed E-state index contributed by atoms with van der Waals surface area (Å²) in [5.41, 5.74) is 0.158. The van der Waals surface area contributed by atoms with E-state index in [-0.39, 0.29) is 35.6 Å². The first-order chi connectivity index (χ1) is 11.2. The van der Waals surface area contributed by atoms with Gasteiger partial charge in [0.1, 0.15) is 0 Å². The summed E-state index contributed by atoms with van der Waals surface area (Å²) in [6.45, 7) is 1.54. The van der Waals surface area contributed by atoms with Gasteiger partial charge in [-0.05, 0) is 31.2 Å². The minimum Gasteiger partial charge on any atom is -0.452 e. The maximum Gasteiger partial charge on any atom is 0.338 e. The smallest absolute Gasteiger partial charge is 0.338 e. The van der Waals surface area contributed by atoms with Crippen molar-refractivity contribution in [1.29, 1.82) is 0 Å². The molecular formula is C15H22N2O6S. The average molecular weight is 358 g/mol. The topological polar surface area (TPSA) is 102 Å². The second-order valence-electron chi connectivity index (χ2n) is 5.37. The molecule has 1 N–H and O–H groups in total. The molecule has 1 atom stereocenters. The monoisotopic (exact) mass is 358 g/mol. The second kappa shape index (κ2) is 8.76. The first-order valence-corrected chi connectivity index (χ1v) is 8.64. The molecule has 24 heavy (non-hydrogen) atoms. The molecule has 1 aromatic carbocycles. The van der Waals surface area contributed by atoms with Crippen molar-refractivity contribution in [2.24, 2.45) is 0 Å². The average Bonchev–Trinajstić information content (AvgIpc) is 2.51. The molecule has 0 heterocycles. The molecule has 0 radical (unpaired) electrons. The van der Waals surface area contributed by atoms with Crippen LogP contribution in [0.15, 0.2) is 29.2 Å². The summed E-state index contributed by atoms with van der Waals surface area (Å²) in [5, 5.41) is 0. The highest BCUT2D eigenvalue weighted by Gasteiger charge is 2.18. The van der Waals surface area contributed by atoms with Crippen LogP contribution in [0.3, 0.4) is 0 Å². The maximum absolute atomic E-state index is 12.2. The molecule has 0 bridgehead atoms. The van der Waals surface area contributed by atoms with Crippen LogP contribution in [-0.4, -0.2) is 65.7 Å². The van der Waals surface area contributed by atoms with Crippen LogP contribution in [0.5, 0.6) is 0 Å². The number of carbonyl (C=O) groups excluding carboxylic acids is 2. The number of sulfonamides is 1. The Labute approximate surface area is 141 Å². The molecule has 0 aliphatic rings. The Kier molecular flexibility index (Phi) is 7.33. The Morgan fingerprint density at radius 1 is 1.21 bits per heavy atom. The maximum atomic E-state index is 12.2. The highest BCUT2D eigenvalue weighted by atomic mass is 32.2. The van der Waals surface area contributed by atoms with Crippen LogP contribution in [0.4, 0.5) is 0 Å². The van der Waals surface area contributed by atoms with E-state index < -0.39 is 16.0 Å². The normalized spacial score (nSPS) is 12.5. The van der Waals surface area contributed by atoms with Crippen LogP contribution in [0.2, 0.25) is 0 Å². The van der Waals surface area contributed by atoms with Gasteiger partial charge in [0, 0.05) is 27.2 Å². The predicted molar refractivity (Wildman–Crippen MR) is 87.1 cm³/mol. The molecule has 1 aromatic rings. The van der Waals surface area contributed by atoms with Crippen molar-refractivity contribution in [3.63, 3.8) is 0 Å². The molecular weight excluding hydrogens is 336 g/mol. The Morgan fingerprint density at radius 3 is 2.29 bits per heavy atom. The van der Waals surface area contributed by atoms with Gasteiger partial charge in [-0.2, -0.15) is 0 Å². The van der Waals surface area contributed by atoms with E-state index in [2.05, 4.69) is 4.72 Å². The van der Waals surface area contributed by atoms with Crippen molar-refractivity contribution in [1.82, 2.24) is 9.62 Å². The van der Waals surface area contributed by atoms with E-state index in [9.17, 15) is 18.0 Å². The van der Waals surface area contributed by atoms with Gasteiger partial charge in [0.25, 0.3) is 5.91 Å². The van der Waals surface area contributed by atoms with Crippen LogP contribution in [-0.2, 0) is 24.3 Å². The van der Waals surface area contributed by atoms with Crippen molar-refractivity contribution < 1.29 is 27.5 Å². The first-order valence-electron chi connectivity index (χ1n) is 7.16. The van der Waals surface area contributed by atoms with Gasteiger partial charge in [0.05, 0.1) is 17.1 Å². The summed E-state index contributed by atoms with van der Waals surface area (Å²) >= 11 is 0. The van der Waals surface area contributed by atoms with E-state index in [1.807, 2.05) is 0 Å². The van der Waals surface area contributed by atoms with E-state index in [0.29, 0.717) is 0 Å². The molecule has 9 heteroatoms. The molecule has 1 rings (SSSR count). The molecule has 1 amide bonds. The Morgan fingerprint density at radius 2 is 1.79 bits per heavy atom. The van der Waals surface area contributed by atoms with Crippen molar-refractivity contribution in [3.05, 3.63) is 29.8 Å². The number of likely N-dealkylation sites (N-methyl/N-ethyl adjacent to an activating group) is 1. The molecule has 0 spiro atoms. The fourth-order valence-corrected chi connectivity index (χ4v) is 2.96. The van der Waals surface area contributed by atoms with E-state index in [4.69, 9.17) is 9.47 Å². The van der Waals surface area contributed by atoms with E-state index in [1.54, 1.807) is 21.0 Å². The zero-order valence-electron chi connectivity index (χ0n) is 14.1. The van der Waals surface area contributed by atoms with E-state index in [1.165, 1.54) is 36.3 Å². The highest BCUT2D eigenvalue weighted by Crippen LogP contribution is 2.12. The number of esters is 1. The summed E-state index contributed by atoms with van der Waals surface area (Å²) in [4.78, 5) is 24.5. The Balaban J connectivity index is 2.74. The third-order valence-electron chi connectivity index (χ3n) is 3.00. The van der Waals surface area contributed by atoms with Crippen LogP contribution in [0.25, 0.3) is 0 Å². The third kappa shape index (κ3) is 5.91. The summed E-state index contributed by atoms with van der Waals surface area (Å²) < 4.78 is 36.5. The number of rotatable bonds is 8. The van der Waals surface area contributed by atoms with E-state index in [0.717, 1.165) is 0 Å². The van der Waals surface area contributed by atoms with Crippen LogP contribution in [0, 0.1) is 0 Å². The minimum absolute atomic E-state index is 0.0198. The van der Waals surface area contributed by atoms with E-state index >= 15 is 0 Å². The number of methoxy groups -OCH3 is 1. The molecule has 0 aliphatic heterocycles. The first kappa shape index (κ1) is 20.1. The molecule has 0 fully saturated rings. The number of hydrogen-bond acceptors (Lipinski definition) is 6. The van der Waals surface area contributed by atoms with Gasteiger partial charge in [-0.3, -0.25) is 4.79 Å². The number of benzene rings is 1. The third-order valence-corrected chi connectivity index (χ3v) is 4.60. The van der Waals surface area contributed by atoms with Gasteiger partial charge in [-0.15, -0.1) is 0 Å². The highest BCUT2D eigenvalue weighted by molar-refractivity contribution is 7.89. The number of nitrogens with one attached hydrogen (secondary N) is 1. The van der Waals surface area contributed by atoms with Gasteiger partial charge in [-0.1, -0.05) is 0 Å². The Bertz CT molecular complexity index is 670. The summed E-state index contributed by atoms with van der Waals surface area (Å²) in [6.07, 6.45) is 0. The molecule has 8 nitrogen and oxygen atoms in total. The largest absolute Gasteiger partial charge is 0.452 e. The number of ether oxygens (including phenoxy) is 2. The summed E-state index contributed by atoms with van der Waals surface area (Å²) in [6, 6.07) is 4.87. The Hall–Kier alpha value is -1.97.